The zero-order chi connectivity index (χ0) is 13.8. The van der Waals surface area contributed by atoms with Crippen LogP contribution >= 0.6 is 0 Å². The Labute approximate surface area is 115 Å². The topological polar surface area (TPSA) is 42.2 Å². The molecule has 1 aromatic heterocycles. The van der Waals surface area contributed by atoms with E-state index >= 15 is 0 Å². The van der Waals surface area contributed by atoms with Gasteiger partial charge in [-0.05, 0) is 24.3 Å². The molecule has 19 heavy (non-hydrogen) atoms. The molecule has 102 valence electrons. The van der Waals surface area contributed by atoms with Gasteiger partial charge < -0.3 is 10.6 Å². The molecule has 2 rings (SSSR count). The van der Waals surface area contributed by atoms with E-state index in [9.17, 15) is 0 Å². The highest BCUT2D eigenvalue weighted by atomic mass is 15.2. The van der Waals surface area contributed by atoms with Crippen LogP contribution in [0, 0.1) is 5.92 Å². The Morgan fingerprint density at radius 2 is 2.00 bits per heavy atom. The van der Waals surface area contributed by atoms with Crippen LogP contribution in [0.2, 0.25) is 0 Å². The van der Waals surface area contributed by atoms with E-state index in [-0.39, 0.29) is 0 Å². The van der Waals surface area contributed by atoms with Crippen LogP contribution < -0.4 is 10.6 Å². The van der Waals surface area contributed by atoms with Crippen molar-refractivity contribution in [2.75, 3.05) is 18.0 Å². The molecule has 0 spiro atoms. The number of hydrogen-bond donors (Lipinski definition) is 1. The third-order valence-corrected chi connectivity index (χ3v) is 3.25. The fourth-order valence-corrected chi connectivity index (χ4v) is 2.39. The zero-order valence-electron chi connectivity index (χ0n) is 12.1. The van der Waals surface area contributed by atoms with Crippen molar-refractivity contribution in [1.29, 1.82) is 0 Å². The van der Waals surface area contributed by atoms with E-state index in [1.54, 1.807) is 0 Å². The Kier molecular flexibility index (Phi) is 4.38. The predicted octanol–water partition coefficient (Wildman–Crippen LogP) is 3.18. The third-order valence-electron chi connectivity index (χ3n) is 3.25. The van der Waals surface area contributed by atoms with Crippen LogP contribution in [0.1, 0.15) is 26.5 Å². The fraction of sp³-hybridized carbons (Fsp3) is 0.438. The summed E-state index contributed by atoms with van der Waals surface area (Å²) in [6.45, 7) is 9.10. The lowest BCUT2D eigenvalue weighted by atomic mass is 10.1. The van der Waals surface area contributed by atoms with Gasteiger partial charge in [-0.1, -0.05) is 38.1 Å². The van der Waals surface area contributed by atoms with Gasteiger partial charge in [0.25, 0.3) is 0 Å². The van der Waals surface area contributed by atoms with Gasteiger partial charge in [-0.2, -0.15) is 0 Å². The zero-order valence-corrected chi connectivity index (χ0v) is 12.1. The van der Waals surface area contributed by atoms with Crippen LogP contribution in [0.3, 0.4) is 0 Å². The van der Waals surface area contributed by atoms with Gasteiger partial charge in [-0.3, -0.25) is 0 Å². The van der Waals surface area contributed by atoms with Crippen LogP contribution in [0.15, 0.2) is 30.3 Å². The number of nitrogens with two attached hydrogens (primary N) is 1. The molecule has 2 N–H and O–H groups in total. The molecule has 1 aromatic carbocycles. The van der Waals surface area contributed by atoms with Crippen molar-refractivity contribution >= 4 is 16.6 Å². The van der Waals surface area contributed by atoms with E-state index in [0.29, 0.717) is 12.5 Å². The summed E-state index contributed by atoms with van der Waals surface area (Å²) in [6, 6.07) is 10.5. The molecule has 0 aliphatic carbocycles. The van der Waals surface area contributed by atoms with Gasteiger partial charge in [0.05, 0.1) is 5.69 Å². The molecule has 0 saturated carbocycles. The molecule has 2 aromatic rings. The summed E-state index contributed by atoms with van der Waals surface area (Å²) >= 11 is 0. The standard InChI is InChI=1S/C16H23N3/c1-4-19(11-12(2)3)16-15-8-6-5-7-13(15)9-14(10-17)18-16/h5-9,12H,4,10-11,17H2,1-3H3. The Morgan fingerprint density at radius 3 is 2.63 bits per heavy atom. The van der Waals surface area contributed by atoms with Gasteiger partial charge in [0.15, 0.2) is 0 Å². The number of nitrogens with zero attached hydrogens (tertiary/aromatic N) is 2. The van der Waals surface area contributed by atoms with Crippen LogP contribution in [-0.4, -0.2) is 18.1 Å². The molecule has 0 bridgehead atoms. The summed E-state index contributed by atoms with van der Waals surface area (Å²) in [5, 5.41) is 2.43. The van der Waals surface area contributed by atoms with Gasteiger partial charge in [-0.15, -0.1) is 0 Å². The van der Waals surface area contributed by atoms with Gasteiger partial charge >= 0.3 is 0 Å². The average molecular weight is 257 g/mol. The van der Waals surface area contributed by atoms with E-state index in [1.807, 2.05) is 0 Å². The normalized spacial score (nSPS) is 11.2. The summed E-state index contributed by atoms with van der Waals surface area (Å²) in [7, 11) is 0. The molecule has 0 unspecified atom stereocenters. The molecule has 1 heterocycles. The van der Waals surface area contributed by atoms with Crippen molar-refractivity contribution in [3.05, 3.63) is 36.0 Å². The van der Waals surface area contributed by atoms with Crippen LogP contribution in [-0.2, 0) is 6.54 Å². The highest BCUT2D eigenvalue weighted by molar-refractivity contribution is 5.92. The summed E-state index contributed by atoms with van der Waals surface area (Å²) in [6.07, 6.45) is 0. The van der Waals surface area contributed by atoms with Gasteiger partial charge in [0, 0.05) is 25.0 Å². The fourth-order valence-electron chi connectivity index (χ4n) is 2.39. The average Bonchev–Trinajstić information content (AvgIpc) is 2.43. The maximum atomic E-state index is 5.77. The molecule has 0 aliphatic rings. The van der Waals surface area contributed by atoms with Crippen molar-refractivity contribution in [3.8, 4) is 0 Å². The van der Waals surface area contributed by atoms with E-state index in [4.69, 9.17) is 10.7 Å². The molecule has 0 amide bonds. The van der Waals surface area contributed by atoms with E-state index < -0.39 is 0 Å². The Balaban J connectivity index is 2.55. The minimum atomic E-state index is 0.483. The summed E-state index contributed by atoms with van der Waals surface area (Å²) in [5.41, 5.74) is 6.73. The number of rotatable bonds is 5. The maximum absolute atomic E-state index is 5.77. The van der Waals surface area contributed by atoms with E-state index in [1.165, 1.54) is 10.8 Å². The summed E-state index contributed by atoms with van der Waals surface area (Å²) in [5.74, 6) is 1.68. The molecular weight excluding hydrogens is 234 g/mol. The minimum Gasteiger partial charge on any atom is -0.356 e. The first-order valence-corrected chi connectivity index (χ1v) is 6.99. The van der Waals surface area contributed by atoms with Gasteiger partial charge in [-0.25, -0.2) is 4.98 Å². The van der Waals surface area contributed by atoms with Crippen molar-refractivity contribution in [2.45, 2.75) is 27.3 Å². The van der Waals surface area contributed by atoms with E-state index in [2.05, 4.69) is 56.0 Å². The molecule has 0 saturated heterocycles. The first-order valence-electron chi connectivity index (χ1n) is 6.99. The van der Waals surface area contributed by atoms with Crippen LogP contribution in [0.5, 0.6) is 0 Å². The second-order valence-electron chi connectivity index (χ2n) is 5.29. The molecular formula is C16H23N3. The monoisotopic (exact) mass is 257 g/mol. The summed E-state index contributed by atoms with van der Waals surface area (Å²) < 4.78 is 0. The first-order chi connectivity index (χ1) is 9.15. The number of anilines is 1. The van der Waals surface area contributed by atoms with Crippen LogP contribution in [0.25, 0.3) is 10.8 Å². The molecule has 3 heteroatoms. The number of fused-ring (bicyclic) bond motifs is 1. The lowest BCUT2D eigenvalue weighted by Gasteiger charge is -2.26. The first kappa shape index (κ1) is 13.8. The van der Waals surface area contributed by atoms with E-state index in [0.717, 1.165) is 24.6 Å². The Hall–Kier alpha value is -1.61. The smallest absolute Gasteiger partial charge is 0.136 e. The van der Waals surface area contributed by atoms with Crippen LogP contribution in [0.4, 0.5) is 5.82 Å². The molecule has 3 nitrogen and oxygen atoms in total. The molecule has 0 atom stereocenters. The van der Waals surface area contributed by atoms with Gasteiger partial charge in [0.2, 0.25) is 0 Å². The Morgan fingerprint density at radius 1 is 1.26 bits per heavy atom. The number of hydrogen-bond acceptors (Lipinski definition) is 3. The second kappa shape index (κ2) is 6.02. The maximum Gasteiger partial charge on any atom is 0.136 e. The minimum absolute atomic E-state index is 0.483. The molecule has 0 aliphatic heterocycles. The number of aromatic nitrogens is 1. The second-order valence-corrected chi connectivity index (χ2v) is 5.29. The SMILES string of the molecule is CCN(CC(C)C)c1nc(CN)cc2ccccc12. The van der Waals surface area contributed by atoms with Gasteiger partial charge in [0.1, 0.15) is 5.82 Å². The highest BCUT2D eigenvalue weighted by Gasteiger charge is 2.12. The van der Waals surface area contributed by atoms with Crippen molar-refractivity contribution in [3.63, 3.8) is 0 Å². The molecule has 0 radical (unpaired) electrons. The highest BCUT2D eigenvalue weighted by Crippen LogP contribution is 2.26. The molecule has 0 fully saturated rings. The largest absolute Gasteiger partial charge is 0.356 e. The van der Waals surface area contributed by atoms with Crippen molar-refractivity contribution in [1.82, 2.24) is 4.98 Å². The predicted molar refractivity (Wildman–Crippen MR) is 82.4 cm³/mol. The Bertz CT molecular complexity index is 549. The number of benzene rings is 1. The number of pyridine rings is 1. The van der Waals surface area contributed by atoms with Crippen molar-refractivity contribution in [2.24, 2.45) is 11.7 Å². The lowest BCUT2D eigenvalue weighted by Crippen LogP contribution is -2.28. The lowest BCUT2D eigenvalue weighted by molar-refractivity contribution is 0.615. The third kappa shape index (κ3) is 3.04. The quantitative estimate of drug-likeness (QED) is 0.894. The van der Waals surface area contributed by atoms with Crippen molar-refractivity contribution < 1.29 is 0 Å². The summed E-state index contributed by atoms with van der Waals surface area (Å²) in [4.78, 5) is 7.08.